The lowest BCUT2D eigenvalue weighted by molar-refractivity contribution is 0.306. The molecule has 0 bridgehead atoms. The van der Waals surface area contributed by atoms with Crippen LogP contribution >= 0.6 is 0 Å². The first kappa shape index (κ1) is 11.1. The van der Waals surface area contributed by atoms with E-state index in [1.807, 2.05) is 18.2 Å². The molecule has 1 aromatic rings. The molecule has 0 fully saturated rings. The van der Waals surface area contributed by atoms with Crippen LogP contribution in [0, 0.1) is 0 Å². The van der Waals surface area contributed by atoms with Gasteiger partial charge in [-0.3, -0.25) is 0 Å². The Morgan fingerprint density at radius 3 is 2.36 bits per heavy atom. The Balaban J connectivity index is 2.49. The quantitative estimate of drug-likeness (QED) is 0.775. The van der Waals surface area contributed by atoms with Gasteiger partial charge in [-0.1, -0.05) is 32.0 Å². The Morgan fingerprint density at radius 1 is 1.14 bits per heavy atom. The van der Waals surface area contributed by atoms with E-state index >= 15 is 0 Å². The summed E-state index contributed by atoms with van der Waals surface area (Å²) in [5.74, 6) is 0.416. The minimum Gasteiger partial charge on any atom is -0.508 e. The summed E-state index contributed by atoms with van der Waals surface area (Å²) in [7, 11) is 0. The Morgan fingerprint density at radius 2 is 1.79 bits per heavy atom. The van der Waals surface area contributed by atoms with Crippen molar-refractivity contribution in [1.29, 1.82) is 0 Å². The number of para-hydroxylation sites is 1. The molecule has 0 aromatic heterocycles. The van der Waals surface area contributed by atoms with Gasteiger partial charge in [-0.15, -0.1) is 0 Å². The fourth-order valence-corrected chi connectivity index (χ4v) is 1.54. The van der Waals surface area contributed by atoms with Crippen molar-refractivity contribution in [2.75, 3.05) is 19.6 Å². The average molecular weight is 193 g/mol. The third-order valence-corrected chi connectivity index (χ3v) is 2.58. The Hall–Kier alpha value is -1.02. The normalized spacial score (nSPS) is 10.8. The molecule has 0 aliphatic carbocycles. The van der Waals surface area contributed by atoms with Gasteiger partial charge < -0.3 is 10.0 Å². The third kappa shape index (κ3) is 3.04. The maximum atomic E-state index is 9.55. The zero-order chi connectivity index (χ0) is 10.4. The molecule has 2 heteroatoms. The number of rotatable bonds is 5. The van der Waals surface area contributed by atoms with Crippen LogP contribution < -0.4 is 0 Å². The highest BCUT2D eigenvalue weighted by atomic mass is 16.3. The fourth-order valence-electron chi connectivity index (χ4n) is 1.54. The second kappa shape index (κ2) is 5.66. The van der Waals surface area contributed by atoms with Crippen LogP contribution in [0.4, 0.5) is 0 Å². The van der Waals surface area contributed by atoms with Gasteiger partial charge >= 0.3 is 0 Å². The van der Waals surface area contributed by atoms with Crippen LogP contribution in [0.1, 0.15) is 19.4 Å². The van der Waals surface area contributed by atoms with Gasteiger partial charge in [0, 0.05) is 6.54 Å². The molecule has 0 aliphatic rings. The number of hydrogen-bond acceptors (Lipinski definition) is 2. The van der Waals surface area contributed by atoms with Crippen molar-refractivity contribution in [2.45, 2.75) is 20.3 Å². The zero-order valence-electron chi connectivity index (χ0n) is 9.03. The molecule has 0 saturated heterocycles. The molecule has 0 heterocycles. The molecule has 2 nitrogen and oxygen atoms in total. The van der Waals surface area contributed by atoms with Crippen molar-refractivity contribution in [3.63, 3.8) is 0 Å². The first-order valence-corrected chi connectivity index (χ1v) is 5.27. The highest BCUT2D eigenvalue weighted by Crippen LogP contribution is 2.16. The van der Waals surface area contributed by atoms with Gasteiger partial charge in [-0.25, -0.2) is 0 Å². The van der Waals surface area contributed by atoms with Crippen molar-refractivity contribution in [3.8, 4) is 5.75 Å². The lowest BCUT2D eigenvalue weighted by Crippen LogP contribution is -2.25. The van der Waals surface area contributed by atoms with E-state index in [0.717, 1.165) is 31.6 Å². The summed E-state index contributed by atoms with van der Waals surface area (Å²) < 4.78 is 0. The topological polar surface area (TPSA) is 23.5 Å². The third-order valence-electron chi connectivity index (χ3n) is 2.58. The monoisotopic (exact) mass is 193 g/mol. The molecule has 0 aliphatic heterocycles. The van der Waals surface area contributed by atoms with E-state index in [4.69, 9.17) is 0 Å². The minimum atomic E-state index is 0.416. The fraction of sp³-hybridized carbons (Fsp3) is 0.500. The van der Waals surface area contributed by atoms with Crippen LogP contribution in [-0.2, 0) is 6.42 Å². The summed E-state index contributed by atoms with van der Waals surface area (Å²) >= 11 is 0. The molecule has 0 spiro atoms. The largest absolute Gasteiger partial charge is 0.508 e. The highest BCUT2D eigenvalue weighted by Gasteiger charge is 2.02. The van der Waals surface area contributed by atoms with Crippen LogP contribution in [0.2, 0.25) is 0 Å². The number of likely N-dealkylation sites (N-methyl/N-ethyl adjacent to an activating group) is 1. The Labute approximate surface area is 86.2 Å². The molecule has 0 unspecified atom stereocenters. The Bertz CT molecular complexity index is 269. The van der Waals surface area contributed by atoms with Gasteiger partial charge in [-0.2, -0.15) is 0 Å². The summed E-state index contributed by atoms with van der Waals surface area (Å²) in [6, 6.07) is 7.56. The molecule has 0 atom stereocenters. The van der Waals surface area contributed by atoms with E-state index in [0.29, 0.717) is 5.75 Å². The SMILES string of the molecule is CCN(CC)CCc1ccccc1O. The van der Waals surface area contributed by atoms with Crippen molar-refractivity contribution in [2.24, 2.45) is 0 Å². The maximum absolute atomic E-state index is 9.55. The van der Waals surface area contributed by atoms with Crippen LogP contribution in [-0.4, -0.2) is 29.6 Å². The average Bonchev–Trinajstić information content (AvgIpc) is 2.22. The summed E-state index contributed by atoms with van der Waals surface area (Å²) in [6.45, 7) is 7.49. The van der Waals surface area contributed by atoms with Gasteiger partial charge in [0.25, 0.3) is 0 Å². The first-order chi connectivity index (χ1) is 6.77. The number of nitrogens with zero attached hydrogens (tertiary/aromatic N) is 1. The smallest absolute Gasteiger partial charge is 0.118 e. The first-order valence-electron chi connectivity index (χ1n) is 5.27. The highest BCUT2D eigenvalue weighted by molar-refractivity contribution is 5.31. The van der Waals surface area contributed by atoms with E-state index < -0.39 is 0 Å². The van der Waals surface area contributed by atoms with Crippen molar-refractivity contribution >= 4 is 0 Å². The van der Waals surface area contributed by atoms with E-state index in [1.54, 1.807) is 6.07 Å². The summed E-state index contributed by atoms with van der Waals surface area (Å²) in [4.78, 5) is 2.35. The molecule has 0 radical (unpaired) electrons. The Kier molecular flexibility index (Phi) is 4.47. The van der Waals surface area contributed by atoms with E-state index in [-0.39, 0.29) is 0 Å². The number of aromatic hydroxyl groups is 1. The van der Waals surface area contributed by atoms with Crippen molar-refractivity contribution < 1.29 is 5.11 Å². The van der Waals surface area contributed by atoms with Gasteiger partial charge in [0.15, 0.2) is 0 Å². The second-order valence-corrected chi connectivity index (χ2v) is 3.41. The number of phenolic OH excluding ortho intramolecular Hbond substituents is 1. The van der Waals surface area contributed by atoms with Gasteiger partial charge in [0.05, 0.1) is 0 Å². The van der Waals surface area contributed by atoms with Gasteiger partial charge in [0.2, 0.25) is 0 Å². The van der Waals surface area contributed by atoms with Crippen molar-refractivity contribution in [1.82, 2.24) is 4.90 Å². The number of hydrogen-bond donors (Lipinski definition) is 1. The summed E-state index contributed by atoms with van der Waals surface area (Å²) in [6.07, 6.45) is 0.925. The standard InChI is InChI=1S/C12H19NO/c1-3-13(4-2)10-9-11-7-5-6-8-12(11)14/h5-8,14H,3-4,9-10H2,1-2H3. The lowest BCUT2D eigenvalue weighted by Gasteiger charge is -2.17. The van der Waals surface area contributed by atoms with E-state index in [2.05, 4.69) is 18.7 Å². The predicted molar refractivity (Wildman–Crippen MR) is 59.6 cm³/mol. The molecule has 0 saturated carbocycles. The van der Waals surface area contributed by atoms with E-state index in [9.17, 15) is 5.11 Å². The molecule has 1 N–H and O–H groups in total. The van der Waals surface area contributed by atoms with Crippen LogP contribution in [0.3, 0.4) is 0 Å². The second-order valence-electron chi connectivity index (χ2n) is 3.41. The molecule has 14 heavy (non-hydrogen) atoms. The minimum absolute atomic E-state index is 0.416. The zero-order valence-corrected chi connectivity index (χ0v) is 9.03. The predicted octanol–water partition coefficient (Wildman–Crippen LogP) is 2.28. The van der Waals surface area contributed by atoms with Gasteiger partial charge in [0.1, 0.15) is 5.75 Å². The lowest BCUT2D eigenvalue weighted by atomic mass is 10.1. The molecule has 1 aromatic carbocycles. The van der Waals surface area contributed by atoms with E-state index in [1.165, 1.54) is 0 Å². The molecule has 1 rings (SSSR count). The molecular formula is C12H19NO. The van der Waals surface area contributed by atoms with Crippen LogP contribution in [0.15, 0.2) is 24.3 Å². The number of benzene rings is 1. The van der Waals surface area contributed by atoms with Gasteiger partial charge in [-0.05, 0) is 31.1 Å². The van der Waals surface area contributed by atoms with Crippen molar-refractivity contribution in [3.05, 3.63) is 29.8 Å². The van der Waals surface area contributed by atoms with Crippen LogP contribution in [0.25, 0.3) is 0 Å². The molecule has 0 amide bonds. The molecular weight excluding hydrogens is 174 g/mol. The molecule has 78 valence electrons. The van der Waals surface area contributed by atoms with Crippen LogP contribution in [0.5, 0.6) is 5.75 Å². The maximum Gasteiger partial charge on any atom is 0.118 e. The summed E-state index contributed by atoms with van der Waals surface area (Å²) in [5, 5.41) is 9.55. The number of phenols is 1. The summed E-state index contributed by atoms with van der Waals surface area (Å²) in [5.41, 5.74) is 1.04.